The van der Waals surface area contributed by atoms with Crippen molar-refractivity contribution in [3.05, 3.63) is 78.9 Å². The van der Waals surface area contributed by atoms with Gasteiger partial charge >= 0.3 is 5.97 Å². The predicted molar refractivity (Wildman–Crippen MR) is 94.9 cm³/mol. The number of halogens is 2. The average molecular weight is 377 g/mol. The molecule has 0 unspecified atom stereocenters. The highest BCUT2D eigenvalue weighted by Crippen LogP contribution is 2.30. The van der Waals surface area contributed by atoms with E-state index in [1.165, 1.54) is 18.2 Å². The van der Waals surface area contributed by atoms with E-state index >= 15 is 0 Å². The number of hydrogen-bond acceptors (Lipinski definition) is 5. The summed E-state index contributed by atoms with van der Waals surface area (Å²) in [5.41, 5.74) is 1.21. The molecule has 0 amide bonds. The number of nitro benzene ring substituents is 1. The molecule has 126 valence electrons. The van der Waals surface area contributed by atoms with Crippen molar-refractivity contribution in [3.63, 3.8) is 0 Å². The van der Waals surface area contributed by atoms with Crippen molar-refractivity contribution in [2.45, 2.75) is 6.92 Å². The second kappa shape index (κ2) is 6.66. The van der Waals surface area contributed by atoms with E-state index in [1.807, 2.05) is 0 Å². The second-order valence-corrected chi connectivity index (χ2v) is 5.97. The molecule has 0 radical (unpaired) electrons. The Labute approximate surface area is 152 Å². The van der Waals surface area contributed by atoms with Crippen LogP contribution in [0.3, 0.4) is 0 Å². The number of carbonyl (C=O) groups excluding carboxylic acids is 1. The molecule has 3 rings (SSSR count). The zero-order valence-corrected chi connectivity index (χ0v) is 14.3. The van der Waals surface area contributed by atoms with E-state index in [0.717, 1.165) is 0 Å². The van der Waals surface area contributed by atoms with E-state index in [2.05, 4.69) is 4.99 Å². The molecule has 8 heteroatoms. The quantitative estimate of drug-likeness (QED) is 0.340. The highest BCUT2D eigenvalue weighted by molar-refractivity contribution is 6.43. The molecular weight excluding hydrogens is 367 g/mol. The molecule has 1 heterocycles. The van der Waals surface area contributed by atoms with Crippen LogP contribution in [0, 0.1) is 17.0 Å². The first-order valence-corrected chi connectivity index (χ1v) is 7.85. The summed E-state index contributed by atoms with van der Waals surface area (Å²) in [7, 11) is 0. The predicted octanol–water partition coefficient (Wildman–Crippen LogP) is 4.55. The lowest BCUT2D eigenvalue weighted by Gasteiger charge is -2.04. The fourth-order valence-corrected chi connectivity index (χ4v) is 2.72. The first kappa shape index (κ1) is 17.1. The van der Waals surface area contributed by atoms with Crippen molar-refractivity contribution in [2.75, 3.05) is 0 Å². The van der Waals surface area contributed by atoms with Crippen LogP contribution in [-0.2, 0) is 9.53 Å². The van der Waals surface area contributed by atoms with Crippen molar-refractivity contribution < 1.29 is 14.5 Å². The van der Waals surface area contributed by atoms with Crippen LogP contribution in [0.4, 0.5) is 5.69 Å². The molecule has 25 heavy (non-hydrogen) atoms. The number of ether oxygens (including phenoxy) is 1. The van der Waals surface area contributed by atoms with E-state index in [1.54, 1.807) is 31.2 Å². The minimum atomic E-state index is -0.669. The van der Waals surface area contributed by atoms with Crippen LogP contribution in [0.15, 0.2) is 47.1 Å². The van der Waals surface area contributed by atoms with Gasteiger partial charge in [0.25, 0.3) is 5.69 Å². The molecule has 0 bridgehead atoms. The zero-order valence-electron chi connectivity index (χ0n) is 12.8. The zero-order chi connectivity index (χ0) is 18.1. The summed E-state index contributed by atoms with van der Waals surface area (Å²) >= 11 is 12.1. The Morgan fingerprint density at radius 3 is 2.64 bits per heavy atom. The molecule has 0 aromatic heterocycles. The van der Waals surface area contributed by atoms with Gasteiger partial charge in [-0.15, -0.1) is 0 Å². The summed E-state index contributed by atoms with van der Waals surface area (Å²) in [4.78, 5) is 26.8. The molecule has 6 nitrogen and oxygen atoms in total. The largest absolute Gasteiger partial charge is 0.402 e. The lowest BCUT2D eigenvalue weighted by atomic mass is 10.1. The van der Waals surface area contributed by atoms with Crippen molar-refractivity contribution >= 4 is 46.8 Å². The fourth-order valence-electron chi connectivity index (χ4n) is 2.36. The number of cyclic esters (lactones) is 1. The van der Waals surface area contributed by atoms with Crippen LogP contribution in [-0.4, -0.2) is 16.8 Å². The Balaban J connectivity index is 2.04. The summed E-state index contributed by atoms with van der Waals surface area (Å²) < 4.78 is 5.16. The van der Waals surface area contributed by atoms with Gasteiger partial charge in [0, 0.05) is 17.2 Å². The van der Waals surface area contributed by atoms with Crippen LogP contribution >= 0.6 is 23.2 Å². The molecule has 1 aliphatic heterocycles. The smallest absolute Gasteiger partial charge is 0.363 e. The van der Waals surface area contributed by atoms with Crippen LogP contribution in [0.5, 0.6) is 0 Å². The number of carbonyl (C=O) groups is 1. The summed E-state index contributed by atoms with van der Waals surface area (Å²) in [5, 5.41) is 11.7. The van der Waals surface area contributed by atoms with E-state index < -0.39 is 10.9 Å². The Morgan fingerprint density at radius 1 is 1.20 bits per heavy atom. The summed E-state index contributed by atoms with van der Waals surface area (Å²) in [6.45, 7) is 1.57. The number of benzene rings is 2. The van der Waals surface area contributed by atoms with Crippen LogP contribution in [0.2, 0.25) is 10.0 Å². The highest BCUT2D eigenvalue weighted by atomic mass is 35.5. The Bertz CT molecular complexity index is 967. The SMILES string of the molecule is Cc1c(C2=NC(=Cc3cccc(Cl)c3Cl)C(=O)O2)cccc1[N+](=O)[O-]. The first-order valence-electron chi connectivity index (χ1n) is 7.09. The number of aliphatic imine (C=N–C) groups is 1. The molecule has 0 fully saturated rings. The molecule has 0 N–H and O–H groups in total. The van der Waals surface area contributed by atoms with E-state index in [9.17, 15) is 14.9 Å². The molecule has 1 aliphatic rings. The van der Waals surface area contributed by atoms with Crippen molar-refractivity contribution in [3.8, 4) is 0 Å². The Morgan fingerprint density at radius 2 is 1.92 bits per heavy atom. The summed E-state index contributed by atoms with van der Waals surface area (Å²) in [6.07, 6.45) is 1.45. The van der Waals surface area contributed by atoms with Gasteiger partial charge in [-0.2, -0.15) is 0 Å². The molecule has 0 aliphatic carbocycles. The maximum atomic E-state index is 12.1. The lowest BCUT2D eigenvalue weighted by Crippen LogP contribution is -2.08. The van der Waals surface area contributed by atoms with Crippen molar-refractivity contribution in [2.24, 2.45) is 4.99 Å². The van der Waals surface area contributed by atoms with Gasteiger partial charge in [-0.05, 0) is 30.7 Å². The van der Waals surface area contributed by atoms with Gasteiger partial charge in [0.05, 0.1) is 15.0 Å². The standard InChI is InChI=1S/C17H10Cl2N2O4/c1-9-11(5-3-7-14(9)21(23)24)16-20-13(17(22)25-16)8-10-4-2-6-12(18)15(10)19/h2-8H,1H3. The van der Waals surface area contributed by atoms with Gasteiger partial charge in [0.15, 0.2) is 5.70 Å². The highest BCUT2D eigenvalue weighted by Gasteiger charge is 2.27. The first-order chi connectivity index (χ1) is 11.9. The normalized spacial score (nSPS) is 15.2. The van der Waals surface area contributed by atoms with Gasteiger partial charge < -0.3 is 4.74 Å². The van der Waals surface area contributed by atoms with Crippen LogP contribution in [0.25, 0.3) is 6.08 Å². The van der Waals surface area contributed by atoms with Crippen LogP contribution in [0.1, 0.15) is 16.7 Å². The minimum absolute atomic E-state index is 0.00982. The monoisotopic (exact) mass is 376 g/mol. The summed E-state index contributed by atoms with van der Waals surface area (Å²) in [6, 6.07) is 9.48. The number of hydrogen-bond donors (Lipinski definition) is 0. The van der Waals surface area contributed by atoms with Crippen LogP contribution < -0.4 is 0 Å². The molecule has 0 saturated carbocycles. The maximum Gasteiger partial charge on any atom is 0.363 e. The van der Waals surface area contributed by atoms with E-state index in [4.69, 9.17) is 27.9 Å². The molecular formula is C17H10Cl2N2O4. The molecule has 0 saturated heterocycles. The van der Waals surface area contributed by atoms with Gasteiger partial charge in [-0.3, -0.25) is 10.1 Å². The number of rotatable bonds is 3. The van der Waals surface area contributed by atoms with Gasteiger partial charge in [0.2, 0.25) is 5.90 Å². The van der Waals surface area contributed by atoms with Gasteiger partial charge in [-0.25, -0.2) is 9.79 Å². The molecule has 0 spiro atoms. The number of nitro groups is 1. The van der Waals surface area contributed by atoms with E-state index in [-0.39, 0.29) is 17.3 Å². The third-order valence-electron chi connectivity index (χ3n) is 3.63. The summed E-state index contributed by atoms with van der Waals surface area (Å²) in [5.74, 6) is -0.660. The van der Waals surface area contributed by atoms with Gasteiger partial charge in [0.1, 0.15) is 0 Å². The Kier molecular flexibility index (Phi) is 4.57. The third-order valence-corrected chi connectivity index (χ3v) is 4.46. The van der Waals surface area contributed by atoms with Gasteiger partial charge in [-0.1, -0.05) is 41.4 Å². The lowest BCUT2D eigenvalue weighted by molar-refractivity contribution is -0.385. The topological polar surface area (TPSA) is 81.8 Å². The molecule has 2 aromatic rings. The average Bonchev–Trinajstić information content (AvgIpc) is 2.92. The molecule has 2 aromatic carbocycles. The maximum absolute atomic E-state index is 12.1. The number of esters is 1. The van der Waals surface area contributed by atoms with Crippen molar-refractivity contribution in [1.82, 2.24) is 0 Å². The second-order valence-electron chi connectivity index (χ2n) is 5.19. The minimum Gasteiger partial charge on any atom is -0.402 e. The van der Waals surface area contributed by atoms with Crippen molar-refractivity contribution in [1.29, 1.82) is 0 Å². The third kappa shape index (κ3) is 3.26. The Hall–Kier alpha value is -2.70. The van der Waals surface area contributed by atoms with E-state index in [0.29, 0.717) is 26.7 Å². The fraction of sp³-hybridized carbons (Fsp3) is 0.0588. The number of nitrogens with zero attached hydrogens (tertiary/aromatic N) is 2. The molecule has 0 atom stereocenters.